The van der Waals surface area contributed by atoms with Crippen molar-refractivity contribution in [3.05, 3.63) is 53.2 Å². The molecule has 9 nitrogen and oxygen atoms in total. The Labute approximate surface area is 180 Å². The minimum absolute atomic E-state index is 0.0377. The van der Waals surface area contributed by atoms with Gasteiger partial charge < -0.3 is 9.64 Å². The standard InChI is InChI=1S/C20H20F3N5O4/c1-12(29)32-11-18(30)26-27-19(31)16-6-7-17(25-24-16)28-9-13(10-28)8-14-4-2-3-5-15(14)20(21,22)23/h2-7,13H,8-11H2,1H3,(H,26,30)(H,27,31). The zero-order chi connectivity index (χ0) is 23.3. The van der Waals surface area contributed by atoms with E-state index < -0.39 is 36.1 Å². The van der Waals surface area contributed by atoms with Gasteiger partial charge in [0.1, 0.15) is 0 Å². The summed E-state index contributed by atoms with van der Waals surface area (Å²) in [5.74, 6) is -1.55. The number of hydrogen-bond acceptors (Lipinski definition) is 7. The molecule has 1 aromatic carbocycles. The lowest BCUT2D eigenvalue weighted by Gasteiger charge is -2.40. The van der Waals surface area contributed by atoms with E-state index in [9.17, 15) is 27.6 Å². The predicted molar refractivity (Wildman–Crippen MR) is 105 cm³/mol. The van der Waals surface area contributed by atoms with Crippen molar-refractivity contribution >= 4 is 23.6 Å². The monoisotopic (exact) mass is 451 g/mol. The first-order valence-corrected chi connectivity index (χ1v) is 9.60. The molecule has 0 unspecified atom stereocenters. The molecule has 1 aliphatic heterocycles. The Balaban J connectivity index is 1.48. The maximum absolute atomic E-state index is 13.1. The number of ether oxygens (including phenoxy) is 1. The van der Waals surface area contributed by atoms with Gasteiger partial charge in [0.05, 0.1) is 5.56 Å². The summed E-state index contributed by atoms with van der Waals surface area (Å²) >= 11 is 0. The number of amides is 2. The average molecular weight is 451 g/mol. The molecule has 1 aliphatic rings. The third kappa shape index (κ3) is 5.93. The van der Waals surface area contributed by atoms with Crippen LogP contribution in [0.1, 0.15) is 28.5 Å². The summed E-state index contributed by atoms with van der Waals surface area (Å²) in [5, 5.41) is 7.76. The van der Waals surface area contributed by atoms with E-state index in [1.54, 1.807) is 12.1 Å². The molecule has 0 aliphatic carbocycles. The third-order valence-electron chi connectivity index (χ3n) is 4.72. The van der Waals surface area contributed by atoms with Crippen molar-refractivity contribution in [3.63, 3.8) is 0 Å². The van der Waals surface area contributed by atoms with Crippen LogP contribution in [0, 0.1) is 5.92 Å². The van der Waals surface area contributed by atoms with Crippen LogP contribution in [0.15, 0.2) is 36.4 Å². The molecular formula is C20H20F3N5O4. The van der Waals surface area contributed by atoms with E-state index in [2.05, 4.69) is 25.8 Å². The zero-order valence-corrected chi connectivity index (χ0v) is 17.0. The quantitative estimate of drug-likeness (QED) is 0.506. The second kappa shape index (κ2) is 9.62. The van der Waals surface area contributed by atoms with Crippen molar-refractivity contribution in [2.24, 2.45) is 5.92 Å². The molecule has 1 saturated heterocycles. The van der Waals surface area contributed by atoms with Crippen molar-refractivity contribution in [3.8, 4) is 0 Å². The molecule has 2 aromatic rings. The zero-order valence-electron chi connectivity index (χ0n) is 17.0. The largest absolute Gasteiger partial charge is 0.456 e. The fourth-order valence-corrected chi connectivity index (χ4v) is 3.18. The highest BCUT2D eigenvalue weighted by Crippen LogP contribution is 2.34. The minimum atomic E-state index is -4.39. The molecule has 0 saturated carbocycles. The number of rotatable bonds is 6. The predicted octanol–water partition coefficient (Wildman–Crippen LogP) is 1.50. The van der Waals surface area contributed by atoms with E-state index >= 15 is 0 Å². The summed E-state index contributed by atoms with van der Waals surface area (Å²) in [4.78, 5) is 35.9. The van der Waals surface area contributed by atoms with Crippen LogP contribution in [0.2, 0.25) is 0 Å². The van der Waals surface area contributed by atoms with Crippen molar-refractivity contribution in [1.82, 2.24) is 21.0 Å². The Hall–Kier alpha value is -3.70. The van der Waals surface area contributed by atoms with E-state index in [-0.39, 0.29) is 17.2 Å². The van der Waals surface area contributed by atoms with Crippen LogP contribution in [0.25, 0.3) is 0 Å². The maximum atomic E-state index is 13.1. The third-order valence-corrected chi connectivity index (χ3v) is 4.72. The van der Waals surface area contributed by atoms with E-state index in [0.717, 1.165) is 13.0 Å². The lowest BCUT2D eigenvalue weighted by molar-refractivity contribution is -0.146. The summed E-state index contributed by atoms with van der Waals surface area (Å²) in [6, 6.07) is 8.50. The number of esters is 1. The van der Waals surface area contributed by atoms with Gasteiger partial charge in [0.2, 0.25) is 0 Å². The molecular weight excluding hydrogens is 431 g/mol. The fourth-order valence-electron chi connectivity index (χ4n) is 3.18. The number of aromatic nitrogens is 2. The Kier molecular flexibility index (Phi) is 6.91. The Morgan fingerprint density at radius 2 is 1.81 bits per heavy atom. The van der Waals surface area contributed by atoms with Crippen LogP contribution in [0.3, 0.4) is 0 Å². The summed E-state index contributed by atoms with van der Waals surface area (Å²) in [6.07, 6.45) is -4.09. The molecule has 2 amide bonds. The summed E-state index contributed by atoms with van der Waals surface area (Å²) in [6.45, 7) is 1.63. The van der Waals surface area contributed by atoms with Crippen LogP contribution in [0.4, 0.5) is 19.0 Å². The molecule has 170 valence electrons. The van der Waals surface area contributed by atoms with Gasteiger partial charge in [0, 0.05) is 20.0 Å². The van der Waals surface area contributed by atoms with Gasteiger partial charge in [0.25, 0.3) is 11.8 Å². The number of nitrogens with zero attached hydrogens (tertiary/aromatic N) is 3. The molecule has 2 heterocycles. The Morgan fingerprint density at radius 3 is 2.44 bits per heavy atom. The molecule has 1 fully saturated rings. The number of anilines is 1. The first-order chi connectivity index (χ1) is 15.1. The molecule has 0 spiro atoms. The van der Waals surface area contributed by atoms with Crippen molar-refractivity contribution in [2.45, 2.75) is 19.5 Å². The maximum Gasteiger partial charge on any atom is 0.416 e. The lowest BCUT2D eigenvalue weighted by Crippen LogP contribution is -2.48. The highest BCUT2D eigenvalue weighted by molar-refractivity contribution is 5.93. The van der Waals surface area contributed by atoms with Crippen LogP contribution >= 0.6 is 0 Å². The highest BCUT2D eigenvalue weighted by atomic mass is 19.4. The normalized spacial score (nSPS) is 13.8. The van der Waals surface area contributed by atoms with E-state index in [4.69, 9.17) is 0 Å². The first-order valence-electron chi connectivity index (χ1n) is 9.60. The molecule has 3 rings (SSSR count). The topological polar surface area (TPSA) is 114 Å². The first kappa shape index (κ1) is 23.0. The summed E-state index contributed by atoms with van der Waals surface area (Å²) in [7, 11) is 0. The van der Waals surface area contributed by atoms with Crippen LogP contribution in [-0.2, 0) is 26.9 Å². The molecule has 2 N–H and O–H groups in total. The fraction of sp³-hybridized carbons (Fsp3) is 0.350. The number of halogens is 3. The Bertz CT molecular complexity index is 991. The van der Waals surface area contributed by atoms with E-state index in [1.165, 1.54) is 18.2 Å². The van der Waals surface area contributed by atoms with Crippen LogP contribution in [-0.4, -0.2) is 47.7 Å². The summed E-state index contributed by atoms with van der Waals surface area (Å²) in [5.41, 5.74) is 3.77. The number of carbonyl (C=O) groups excluding carboxylic acids is 3. The van der Waals surface area contributed by atoms with E-state index in [0.29, 0.717) is 25.3 Å². The van der Waals surface area contributed by atoms with Crippen LogP contribution < -0.4 is 15.8 Å². The molecule has 1 aromatic heterocycles. The van der Waals surface area contributed by atoms with Gasteiger partial charge in [-0.1, -0.05) is 18.2 Å². The smallest absolute Gasteiger partial charge is 0.416 e. The van der Waals surface area contributed by atoms with Gasteiger partial charge in [0.15, 0.2) is 18.1 Å². The van der Waals surface area contributed by atoms with Crippen molar-refractivity contribution < 1.29 is 32.3 Å². The number of hydrogen-bond donors (Lipinski definition) is 2. The lowest BCUT2D eigenvalue weighted by atomic mass is 9.90. The Morgan fingerprint density at radius 1 is 1.09 bits per heavy atom. The number of nitrogens with one attached hydrogen (secondary N) is 2. The van der Waals surface area contributed by atoms with Gasteiger partial charge in [-0.25, -0.2) is 0 Å². The highest BCUT2D eigenvalue weighted by Gasteiger charge is 2.35. The number of benzene rings is 1. The van der Waals surface area contributed by atoms with E-state index in [1.807, 2.05) is 4.90 Å². The molecule has 0 radical (unpaired) electrons. The molecule has 32 heavy (non-hydrogen) atoms. The number of hydrazine groups is 1. The van der Waals surface area contributed by atoms with Gasteiger partial charge >= 0.3 is 12.1 Å². The van der Waals surface area contributed by atoms with Crippen molar-refractivity contribution in [1.29, 1.82) is 0 Å². The number of alkyl halides is 3. The SMILES string of the molecule is CC(=O)OCC(=O)NNC(=O)c1ccc(N2CC(Cc3ccccc3C(F)(F)F)C2)nn1. The minimum Gasteiger partial charge on any atom is -0.456 e. The van der Waals surface area contributed by atoms with Gasteiger partial charge in [-0.2, -0.15) is 13.2 Å². The van der Waals surface area contributed by atoms with Crippen molar-refractivity contribution in [2.75, 3.05) is 24.6 Å². The van der Waals surface area contributed by atoms with Gasteiger partial charge in [-0.05, 0) is 36.1 Å². The van der Waals surface area contributed by atoms with Gasteiger partial charge in [-0.15, -0.1) is 10.2 Å². The van der Waals surface area contributed by atoms with Gasteiger partial charge in [-0.3, -0.25) is 25.2 Å². The average Bonchev–Trinajstić information content (AvgIpc) is 2.72. The second-order valence-electron chi connectivity index (χ2n) is 7.19. The molecule has 0 bridgehead atoms. The molecule has 12 heteroatoms. The molecule has 0 atom stereocenters. The second-order valence-corrected chi connectivity index (χ2v) is 7.19. The van der Waals surface area contributed by atoms with Crippen LogP contribution in [0.5, 0.6) is 0 Å². The summed E-state index contributed by atoms with van der Waals surface area (Å²) < 4.78 is 43.9. The number of carbonyl (C=O) groups is 3.